The summed E-state index contributed by atoms with van der Waals surface area (Å²) in [5.41, 5.74) is 1.84. The molecule has 8 nitrogen and oxygen atoms in total. The maximum atomic E-state index is 13.0. The number of carbonyl (C=O) groups is 2. The molecular formula is C24H25NO7. The van der Waals surface area contributed by atoms with E-state index in [4.69, 9.17) is 14.2 Å². The smallest absolute Gasteiger partial charge is 0.295 e. The Labute approximate surface area is 185 Å². The number of carbonyl (C=O) groups excluding carboxylic acids is 2. The third-order valence-corrected chi connectivity index (χ3v) is 5.77. The molecule has 4 rings (SSSR count). The molecule has 0 aromatic heterocycles. The highest BCUT2D eigenvalue weighted by Crippen LogP contribution is 2.42. The fourth-order valence-corrected chi connectivity index (χ4v) is 4.20. The molecule has 2 heterocycles. The van der Waals surface area contributed by atoms with Crippen LogP contribution in [0.3, 0.4) is 0 Å². The first-order chi connectivity index (χ1) is 15.5. The Kier molecular flexibility index (Phi) is 6.05. The van der Waals surface area contributed by atoms with Gasteiger partial charge in [-0.05, 0) is 47.9 Å². The van der Waals surface area contributed by atoms with Gasteiger partial charge in [0.2, 0.25) is 0 Å². The SMILES string of the molecule is COCCCN1C(=O)C(=O)/C(=C(\O)c2ccc3c(c2)CCO3)C1c1ccc(OC)c(O)c1. The number of benzene rings is 2. The van der Waals surface area contributed by atoms with E-state index < -0.39 is 17.7 Å². The van der Waals surface area contributed by atoms with E-state index in [0.29, 0.717) is 37.2 Å². The van der Waals surface area contributed by atoms with Gasteiger partial charge in [-0.3, -0.25) is 9.59 Å². The number of likely N-dealkylation sites (tertiary alicyclic amines) is 1. The number of hydrogen-bond acceptors (Lipinski definition) is 7. The van der Waals surface area contributed by atoms with Gasteiger partial charge in [0, 0.05) is 32.2 Å². The van der Waals surface area contributed by atoms with Crippen molar-refractivity contribution in [2.75, 3.05) is 34.0 Å². The molecule has 0 aliphatic carbocycles. The maximum Gasteiger partial charge on any atom is 0.295 e. The number of aliphatic hydroxyl groups excluding tert-OH is 1. The molecule has 8 heteroatoms. The quantitative estimate of drug-likeness (QED) is 0.296. The Hall–Kier alpha value is -3.52. The zero-order chi connectivity index (χ0) is 22.8. The van der Waals surface area contributed by atoms with Crippen LogP contribution in [0.1, 0.15) is 29.2 Å². The fourth-order valence-electron chi connectivity index (χ4n) is 4.20. The zero-order valence-electron chi connectivity index (χ0n) is 18.0. The van der Waals surface area contributed by atoms with Crippen molar-refractivity contribution in [3.63, 3.8) is 0 Å². The van der Waals surface area contributed by atoms with Crippen molar-refractivity contribution in [3.05, 3.63) is 58.7 Å². The van der Waals surface area contributed by atoms with Gasteiger partial charge in [0.15, 0.2) is 11.5 Å². The molecule has 0 saturated carbocycles. The molecule has 168 valence electrons. The molecule has 0 spiro atoms. The summed E-state index contributed by atoms with van der Waals surface area (Å²) in [6, 6.07) is 9.02. The first-order valence-electron chi connectivity index (χ1n) is 10.4. The number of nitrogens with zero attached hydrogens (tertiary/aromatic N) is 1. The van der Waals surface area contributed by atoms with E-state index in [1.54, 1.807) is 37.4 Å². The molecule has 1 atom stereocenters. The van der Waals surface area contributed by atoms with Crippen LogP contribution in [0.25, 0.3) is 5.76 Å². The monoisotopic (exact) mass is 439 g/mol. The van der Waals surface area contributed by atoms with Crippen LogP contribution in [0.4, 0.5) is 0 Å². The third-order valence-electron chi connectivity index (χ3n) is 5.77. The van der Waals surface area contributed by atoms with E-state index in [0.717, 1.165) is 11.3 Å². The number of ether oxygens (including phenoxy) is 3. The summed E-state index contributed by atoms with van der Waals surface area (Å²) in [7, 11) is 2.99. The van der Waals surface area contributed by atoms with Gasteiger partial charge in [-0.1, -0.05) is 6.07 Å². The van der Waals surface area contributed by atoms with Gasteiger partial charge >= 0.3 is 0 Å². The van der Waals surface area contributed by atoms with Crippen LogP contribution in [0.15, 0.2) is 42.0 Å². The number of fused-ring (bicyclic) bond motifs is 1. The van der Waals surface area contributed by atoms with Crippen LogP contribution < -0.4 is 9.47 Å². The topological polar surface area (TPSA) is 106 Å². The second-order valence-corrected chi connectivity index (χ2v) is 7.69. The molecule has 0 radical (unpaired) electrons. The molecule has 1 amide bonds. The first-order valence-corrected chi connectivity index (χ1v) is 10.4. The highest BCUT2D eigenvalue weighted by Gasteiger charge is 2.46. The van der Waals surface area contributed by atoms with Crippen molar-refractivity contribution < 1.29 is 34.0 Å². The predicted molar refractivity (Wildman–Crippen MR) is 116 cm³/mol. The minimum atomic E-state index is -0.854. The molecule has 32 heavy (non-hydrogen) atoms. The molecule has 1 unspecified atom stereocenters. The molecule has 1 saturated heterocycles. The molecule has 2 aliphatic rings. The van der Waals surface area contributed by atoms with Gasteiger partial charge in [0.25, 0.3) is 11.7 Å². The minimum Gasteiger partial charge on any atom is -0.507 e. The number of rotatable bonds is 7. The summed E-state index contributed by atoms with van der Waals surface area (Å²) in [5.74, 6) is -0.832. The van der Waals surface area contributed by atoms with E-state index in [9.17, 15) is 19.8 Å². The minimum absolute atomic E-state index is 0.0177. The van der Waals surface area contributed by atoms with Crippen molar-refractivity contribution in [3.8, 4) is 17.2 Å². The van der Waals surface area contributed by atoms with E-state index >= 15 is 0 Å². The van der Waals surface area contributed by atoms with Crippen molar-refractivity contribution in [2.45, 2.75) is 18.9 Å². The number of phenols is 1. The maximum absolute atomic E-state index is 13.0. The Bertz CT molecular complexity index is 1090. The van der Waals surface area contributed by atoms with Gasteiger partial charge in [-0.2, -0.15) is 0 Å². The molecule has 2 N–H and O–H groups in total. The number of amides is 1. The normalized spacial score (nSPS) is 19.2. The molecule has 0 bridgehead atoms. The number of Topliss-reactive ketones (excluding diaryl/α,β-unsaturated/α-hetero) is 1. The summed E-state index contributed by atoms with van der Waals surface area (Å²) in [5, 5.41) is 21.5. The first kappa shape index (κ1) is 21.7. The van der Waals surface area contributed by atoms with E-state index in [2.05, 4.69) is 0 Å². The van der Waals surface area contributed by atoms with Gasteiger partial charge in [0.05, 0.1) is 25.3 Å². The number of aliphatic hydroxyl groups is 1. The molecule has 2 aromatic rings. The van der Waals surface area contributed by atoms with Crippen molar-refractivity contribution in [1.82, 2.24) is 4.90 Å². The highest BCUT2D eigenvalue weighted by molar-refractivity contribution is 6.46. The van der Waals surface area contributed by atoms with Crippen molar-refractivity contribution in [1.29, 1.82) is 0 Å². The van der Waals surface area contributed by atoms with E-state index in [1.165, 1.54) is 18.1 Å². The lowest BCUT2D eigenvalue weighted by atomic mass is 9.94. The Morgan fingerprint density at radius 2 is 2.00 bits per heavy atom. The number of aromatic hydroxyl groups is 1. The number of phenolic OH excluding ortho intramolecular Hbond substituents is 1. The molecule has 2 aromatic carbocycles. The Balaban J connectivity index is 1.82. The summed E-state index contributed by atoms with van der Waals surface area (Å²) in [6.45, 7) is 1.23. The van der Waals surface area contributed by atoms with Gasteiger partial charge in [0.1, 0.15) is 11.5 Å². The third kappa shape index (κ3) is 3.78. The van der Waals surface area contributed by atoms with Crippen LogP contribution in [0.2, 0.25) is 0 Å². The van der Waals surface area contributed by atoms with Crippen LogP contribution in [0.5, 0.6) is 17.2 Å². The predicted octanol–water partition coefficient (Wildman–Crippen LogP) is 2.79. The van der Waals surface area contributed by atoms with E-state index in [-0.39, 0.29) is 29.4 Å². The summed E-state index contributed by atoms with van der Waals surface area (Å²) in [4.78, 5) is 27.4. The van der Waals surface area contributed by atoms with Crippen LogP contribution in [0, 0.1) is 0 Å². The Morgan fingerprint density at radius 3 is 2.72 bits per heavy atom. The Morgan fingerprint density at radius 1 is 1.19 bits per heavy atom. The standard InChI is InChI=1S/C24H25NO7/c1-30-10-3-9-25-21(15-4-7-19(31-2)17(26)13-15)20(23(28)24(25)29)22(27)16-5-6-18-14(12-16)8-11-32-18/h4-7,12-13,21,26-27H,3,8-11H2,1-2H3/b22-20-. The number of methoxy groups -OCH3 is 2. The lowest BCUT2D eigenvalue weighted by Crippen LogP contribution is -2.31. The molecular weight excluding hydrogens is 414 g/mol. The molecule has 1 fully saturated rings. The van der Waals surface area contributed by atoms with Crippen molar-refractivity contribution in [2.24, 2.45) is 0 Å². The van der Waals surface area contributed by atoms with Crippen LogP contribution in [-0.4, -0.2) is 60.8 Å². The highest BCUT2D eigenvalue weighted by atomic mass is 16.5. The lowest BCUT2D eigenvalue weighted by molar-refractivity contribution is -0.140. The average molecular weight is 439 g/mol. The summed E-state index contributed by atoms with van der Waals surface area (Å²) < 4.78 is 15.7. The van der Waals surface area contributed by atoms with Gasteiger partial charge in [-0.15, -0.1) is 0 Å². The van der Waals surface area contributed by atoms with Crippen LogP contribution in [-0.2, 0) is 20.7 Å². The lowest BCUT2D eigenvalue weighted by Gasteiger charge is -2.25. The average Bonchev–Trinajstić information content (AvgIpc) is 3.36. The summed E-state index contributed by atoms with van der Waals surface area (Å²) >= 11 is 0. The van der Waals surface area contributed by atoms with Gasteiger partial charge < -0.3 is 29.3 Å². The fraction of sp³-hybridized carbons (Fsp3) is 0.333. The largest absolute Gasteiger partial charge is 0.507 e. The zero-order valence-corrected chi connectivity index (χ0v) is 18.0. The van der Waals surface area contributed by atoms with E-state index in [1.807, 2.05) is 0 Å². The second kappa shape index (κ2) is 8.92. The number of ketones is 1. The number of hydrogen-bond donors (Lipinski definition) is 2. The second-order valence-electron chi connectivity index (χ2n) is 7.69. The van der Waals surface area contributed by atoms with Gasteiger partial charge in [-0.25, -0.2) is 0 Å². The van der Waals surface area contributed by atoms with Crippen molar-refractivity contribution >= 4 is 17.4 Å². The molecule has 2 aliphatic heterocycles. The van der Waals surface area contributed by atoms with Crippen LogP contribution >= 0.6 is 0 Å². The summed E-state index contributed by atoms with van der Waals surface area (Å²) in [6.07, 6.45) is 1.22.